The highest BCUT2D eigenvalue weighted by atomic mass is 16.5. The molecule has 0 spiro atoms. The minimum absolute atomic E-state index is 0.0781. The predicted molar refractivity (Wildman–Crippen MR) is 212 cm³/mol. The van der Waals surface area contributed by atoms with Gasteiger partial charge in [-0.1, -0.05) is 145 Å². The van der Waals surface area contributed by atoms with Crippen molar-refractivity contribution in [3.8, 4) is 0 Å². The van der Waals surface area contributed by atoms with E-state index in [1.165, 1.54) is 64.2 Å². The first-order valence-electron chi connectivity index (χ1n) is 21.7. The van der Waals surface area contributed by atoms with Crippen LogP contribution in [0.25, 0.3) is 0 Å². The lowest BCUT2D eigenvalue weighted by Gasteiger charge is -2.42. The third kappa shape index (κ3) is 16.5. The first-order chi connectivity index (χ1) is 24.0. The van der Waals surface area contributed by atoms with Gasteiger partial charge in [-0.05, 0) is 87.4 Å². The molecule has 5 heteroatoms. The molecule has 0 heterocycles. The number of hydrogen-bond donors (Lipinski definition) is 1. The number of ether oxygens (including phenoxy) is 2. The van der Waals surface area contributed by atoms with Crippen LogP contribution < -0.4 is 0 Å². The van der Waals surface area contributed by atoms with Crippen molar-refractivity contribution < 1.29 is 24.2 Å². The van der Waals surface area contributed by atoms with Gasteiger partial charge in [0.2, 0.25) is 0 Å². The maximum absolute atomic E-state index is 13.6. The molecule has 7 unspecified atom stereocenters. The van der Waals surface area contributed by atoms with Gasteiger partial charge in [-0.3, -0.25) is 9.59 Å². The average molecular weight is 705 g/mol. The van der Waals surface area contributed by atoms with Crippen LogP contribution in [0.4, 0.5) is 0 Å². The monoisotopic (exact) mass is 705 g/mol. The summed E-state index contributed by atoms with van der Waals surface area (Å²) in [5, 5.41) is 11.2. The quantitative estimate of drug-likeness (QED) is 0.0477. The Bertz CT molecular complexity index is 898. The molecule has 1 saturated carbocycles. The summed E-state index contributed by atoms with van der Waals surface area (Å²) in [6, 6.07) is 0. The number of carbonyl (C=O) groups is 2. The van der Waals surface area contributed by atoms with Gasteiger partial charge < -0.3 is 14.6 Å². The van der Waals surface area contributed by atoms with Gasteiger partial charge >= 0.3 is 11.9 Å². The van der Waals surface area contributed by atoms with Crippen molar-refractivity contribution in [3.63, 3.8) is 0 Å². The Labute approximate surface area is 310 Å². The molecule has 0 aromatic rings. The molecule has 0 aliphatic heterocycles. The molecule has 0 amide bonds. The lowest BCUT2D eigenvalue weighted by atomic mass is 9.63. The molecule has 0 aromatic carbocycles. The van der Waals surface area contributed by atoms with Gasteiger partial charge in [-0.15, -0.1) is 0 Å². The highest BCUT2D eigenvalue weighted by Gasteiger charge is 2.43. The van der Waals surface area contributed by atoms with Gasteiger partial charge in [0.05, 0.1) is 12.2 Å². The number of allylic oxidation sites excluding steroid dienone is 2. The maximum Gasteiger partial charge on any atom is 0.306 e. The van der Waals surface area contributed by atoms with Gasteiger partial charge in [-0.2, -0.15) is 0 Å². The van der Waals surface area contributed by atoms with E-state index < -0.39 is 6.10 Å². The zero-order valence-electron chi connectivity index (χ0n) is 34.7. The molecule has 1 N–H and O–H groups in total. The fourth-order valence-electron chi connectivity index (χ4n) is 9.75. The van der Waals surface area contributed by atoms with Crippen molar-refractivity contribution in [1.82, 2.24) is 0 Å². The minimum Gasteiger partial charge on any atom is -0.463 e. The SMILES string of the molecule is CCCCCCCC[C@@H]1C(C/C=C\CCCC(=O)OC(C)C)[C@@H](OC(=O)CCC(CC)C(CC)C(CC)C(CC)C(CC)C(C)CC)C[C@H]1O. The number of unbranched alkanes of at least 4 members (excludes halogenated alkanes) is 6. The molecular weight excluding hydrogens is 620 g/mol. The van der Waals surface area contributed by atoms with Crippen LogP contribution in [0.2, 0.25) is 0 Å². The standard InChI is InChI=1S/C45H84O5/c1-11-18-19-20-21-24-27-40-41(28-25-22-23-26-29-44(47)49-33(8)9)43(32-42(40)46)50-45(48)31-30-35(13-3)37(15-5)39(17-7)38(16-6)36(14-4)34(10)12-2/h22,25,33-43,46H,11-21,23-24,26-32H2,1-10H3/b25-22-/t34?,35?,36?,37?,38?,39?,40-,41?,42-,43+/m1/s1. The van der Waals surface area contributed by atoms with Gasteiger partial charge in [0.1, 0.15) is 6.10 Å². The smallest absolute Gasteiger partial charge is 0.306 e. The van der Waals surface area contributed by atoms with Crippen molar-refractivity contribution in [2.24, 2.45) is 47.3 Å². The summed E-state index contributed by atoms with van der Waals surface area (Å²) in [6.45, 7) is 22.6. The highest BCUT2D eigenvalue weighted by molar-refractivity contribution is 5.70. The third-order valence-corrected chi connectivity index (χ3v) is 12.6. The Kier molecular flexibility index (Phi) is 25.5. The normalized spacial score (nSPS) is 23.1. The summed E-state index contributed by atoms with van der Waals surface area (Å²) in [7, 11) is 0. The Morgan fingerprint density at radius 2 is 1.30 bits per heavy atom. The van der Waals surface area contributed by atoms with E-state index in [1.54, 1.807) is 0 Å². The van der Waals surface area contributed by atoms with Crippen molar-refractivity contribution in [2.75, 3.05) is 0 Å². The minimum atomic E-state index is -0.422. The second-order valence-corrected chi connectivity index (χ2v) is 16.2. The Morgan fingerprint density at radius 3 is 1.88 bits per heavy atom. The summed E-state index contributed by atoms with van der Waals surface area (Å²) >= 11 is 0. The molecule has 1 rings (SSSR count). The molecular formula is C45H84O5. The maximum atomic E-state index is 13.6. The van der Waals surface area contributed by atoms with E-state index >= 15 is 0 Å². The number of rotatable bonds is 29. The van der Waals surface area contributed by atoms with Crippen LogP contribution in [0, 0.1) is 47.3 Å². The van der Waals surface area contributed by atoms with Crippen LogP contribution in [0.5, 0.6) is 0 Å². The van der Waals surface area contributed by atoms with Crippen LogP contribution >= 0.6 is 0 Å². The lowest BCUT2D eigenvalue weighted by molar-refractivity contribution is -0.152. The predicted octanol–water partition coefficient (Wildman–Crippen LogP) is 12.7. The van der Waals surface area contributed by atoms with Gasteiger partial charge in [0, 0.05) is 25.2 Å². The zero-order chi connectivity index (χ0) is 37.5. The molecule has 50 heavy (non-hydrogen) atoms. The van der Waals surface area contributed by atoms with E-state index in [0.717, 1.165) is 62.7 Å². The van der Waals surface area contributed by atoms with Crippen LogP contribution in [0.15, 0.2) is 12.2 Å². The van der Waals surface area contributed by atoms with Crippen molar-refractivity contribution in [3.05, 3.63) is 12.2 Å². The van der Waals surface area contributed by atoms with Crippen LogP contribution in [0.1, 0.15) is 198 Å². The second kappa shape index (κ2) is 27.3. The first-order valence-corrected chi connectivity index (χ1v) is 21.7. The third-order valence-electron chi connectivity index (χ3n) is 12.6. The summed E-state index contributed by atoms with van der Waals surface area (Å²) in [4.78, 5) is 25.5. The molecule has 5 nitrogen and oxygen atoms in total. The Hall–Kier alpha value is -1.36. The van der Waals surface area contributed by atoms with Crippen LogP contribution in [-0.4, -0.2) is 35.4 Å². The molecule has 10 atom stereocenters. The van der Waals surface area contributed by atoms with E-state index in [1.807, 2.05) is 13.8 Å². The number of esters is 2. The van der Waals surface area contributed by atoms with E-state index in [4.69, 9.17) is 9.47 Å². The van der Waals surface area contributed by atoms with Crippen molar-refractivity contribution in [2.45, 2.75) is 216 Å². The fraction of sp³-hybridized carbons (Fsp3) is 0.911. The average Bonchev–Trinajstić information content (AvgIpc) is 3.38. The van der Waals surface area contributed by atoms with Gasteiger partial charge in [0.25, 0.3) is 0 Å². The molecule has 0 saturated heterocycles. The van der Waals surface area contributed by atoms with E-state index in [9.17, 15) is 14.7 Å². The summed E-state index contributed by atoms with van der Waals surface area (Å²) in [6.07, 6.45) is 23.9. The lowest BCUT2D eigenvalue weighted by Crippen LogP contribution is -2.35. The Morgan fingerprint density at radius 1 is 0.680 bits per heavy atom. The summed E-state index contributed by atoms with van der Waals surface area (Å²) in [5.74, 6) is 4.15. The molecule has 0 radical (unpaired) electrons. The van der Waals surface area contributed by atoms with E-state index in [2.05, 4.69) is 67.5 Å². The number of aliphatic hydroxyl groups is 1. The largest absolute Gasteiger partial charge is 0.463 e. The fourth-order valence-corrected chi connectivity index (χ4v) is 9.75. The second-order valence-electron chi connectivity index (χ2n) is 16.2. The first kappa shape index (κ1) is 46.7. The number of carbonyl (C=O) groups excluding carboxylic acids is 2. The van der Waals surface area contributed by atoms with Crippen LogP contribution in [0.3, 0.4) is 0 Å². The summed E-state index contributed by atoms with van der Waals surface area (Å²) < 4.78 is 11.6. The van der Waals surface area contributed by atoms with Crippen molar-refractivity contribution >= 4 is 11.9 Å². The zero-order valence-corrected chi connectivity index (χ0v) is 34.7. The number of hydrogen-bond acceptors (Lipinski definition) is 5. The van der Waals surface area contributed by atoms with Crippen molar-refractivity contribution in [1.29, 1.82) is 0 Å². The summed E-state index contributed by atoms with van der Waals surface area (Å²) in [5.41, 5.74) is 0. The van der Waals surface area contributed by atoms with Gasteiger partial charge in [-0.25, -0.2) is 0 Å². The molecule has 1 aliphatic carbocycles. The van der Waals surface area contributed by atoms with E-state index in [0.29, 0.717) is 37.0 Å². The number of aliphatic hydroxyl groups excluding tert-OH is 1. The Balaban J connectivity index is 2.95. The van der Waals surface area contributed by atoms with Crippen LogP contribution in [-0.2, 0) is 19.1 Å². The molecule has 294 valence electrons. The molecule has 0 aromatic heterocycles. The topological polar surface area (TPSA) is 72.8 Å². The highest BCUT2D eigenvalue weighted by Crippen LogP contribution is 2.44. The molecule has 0 bridgehead atoms. The van der Waals surface area contributed by atoms with Gasteiger partial charge in [0.15, 0.2) is 0 Å². The van der Waals surface area contributed by atoms with E-state index in [-0.39, 0.29) is 36.0 Å². The molecule has 1 fully saturated rings. The molecule has 1 aliphatic rings.